The van der Waals surface area contributed by atoms with E-state index in [4.69, 9.17) is 11.6 Å². The maximum Gasteiger partial charge on any atom is 0.163 e. The number of rotatable bonds is 6. The largest absolute Gasteiger partial charge is 0.294 e. The number of ketones is 1. The molecule has 130 valence electrons. The standard InChI is InChI=1S/C24H21ClO/c1-18-7-5-6-10-23(18)21(12-11-19-8-3-2-4-9-19)17-24(26)20-13-15-22(25)16-14-20/h2-16,21H,17H2,1H3/b12-11+. The van der Waals surface area contributed by atoms with Gasteiger partial charge in [0.2, 0.25) is 0 Å². The summed E-state index contributed by atoms with van der Waals surface area (Å²) in [4.78, 5) is 12.8. The molecule has 2 heteroatoms. The Bertz CT molecular complexity index is 895. The molecule has 0 fully saturated rings. The lowest BCUT2D eigenvalue weighted by Gasteiger charge is -2.15. The number of aryl methyl sites for hydroxylation is 1. The molecule has 3 aromatic carbocycles. The molecule has 0 bridgehead atoms. The van der Waals surface area contributed by atoms with Crippen LogP contribution in [0.3, 0.4) is 0 Å². The van der Waals surface area contributed by atoms with E-state index in [-0.39, 0.29) is 11.7 Å². The van der Waals surface area contributed by atoms with Gasteiger partial charge in [0.15, 0.2) is 5.78 Å². The minimum atomic E-state index is 0.0274. The van der Waals surface area contributed by atoms with Gasteiger partial charge in [-0.3, -0.25) is 4.79 Å². The number of halogens is 1. The van der Waals surface area contributed by atoms with Crippen LogP contribution >= 0.6 is 11.6 Å². The summed E-state index contributed by atoms with van der Waals surface area (Å²) < 4.78 is 0. The summed E-state index contributed by atoms with van der Waals surface area (Å²) >= 11 is 5.93. The zero-order valence-corrected chi connectivity index (χ0v) is 15.5. The molecule has 0 N–H and O–H groups in total. The van der Waals surface area contributed by atoms with E-state index in [1.165, 1.54) is 11.1 Å². The van der Waals surface area contributed by atoms with Crippen LogP contribution < -0.4 is 0 Å². The first kappa shape index (κ1) is 18.2. The number of hydrogen-bond acceptors (Lipinski definition) is 1. The highest BCUT2D eigenvalue weighted by Gasteiger charge is 2.16. The molecule has 0 saturated heterocycles. The maximum atomic E-state index is 12.8. The minimum Gasteiger partial charge on any atom is -0.294 e. The molecule has 1 unspecified atom stereocenters. The Morgan fingerprint density at radius 2 is 1.58 bits per heavy atom. The van der Waals surface area contributed by atoms with E-state index in [0.29, 0.717) is 17.0 Å². The summed E-state index contributed by atoms with van der Waals surface area (Å²) in [6.07, 6.45) is 4.65. The first-order valence-corrected chi connectivity index (χ1v) is 9.09. The number of carbonyl (C=O) groups is 1. The highest BCUT2D eigenvalue weighted by molar-refractivity contribution is 6.30. The van der Waals surface area contributed by atoms with Crippen molar-refractivity contribution in [3.63, 3.8) is 0 Å². The molecule has 26 heavy (non-hydrogen) atoms. The molecule has 0 aromatic heterocycles. The molecule has 3 rings (SSSR count). The van der Waals surface area contributed by atoms with Crippen molar-refractivity contribution in [2.45, 2.75) is 19.3 Å². The van der Waals surface area contributed by atoms with Gasteiger partial charge in [-0.25, -0.2) is 0 Å². The summed E-state index contributed by atoms with van der Waals surface area (Å²) in [5.41, 5.74) is 4.20. The van der Waals surface area contributed by atoms with E-state index in [2.05, 4.69) is 43.3 Å². The highest BCUT2D eigenvalue weighted by Crippen LogP contribution is 2.27. The summed E-state index contributed by atoms with van der Waals surface area (Å²) in [7, 11) is 0. The molecule has 1 nitrogen and oxygen atoms in total. The lowest BCUT2D eigenvalue weighted by atomic mass is 9.88. The summed E-state index contributed by atoms with van der Waals surface area (Å²) in [6, 6.07) is 25.5. The van der Waals surface area contributed by atoms with Crippen molar-refractivity contribution in [1.82, 2.24) is 0 Å². The third-order valence-corrected chi connectivity index (χ3v) is 4.73. The van der Waals surface area contributed by atoms with Crippen LogP contribution in [0.25, 0.3) is 6.08 Å². The van der Waals surface area contributed by atoms with E-state index in [1.807, 2.05) is 30.3 Å². The third kappa shape index (κ3) is 4.71. The zero-order valence-electron chi connectivity index (χ0n) is 14.7. The van der Waals surface area contributed by atoms with E-state index < -0.39 is 0 Å². The van der Waals surface area contributed by atoms with Gasteiger partial charge < -0.3 is 0 Å². The highest BCUT2D eigenvalue weighted by atomic mass is 35.5. The number of hydrogen-bond donors (Lipinski definition) is 0. The van der Waals surface area contributed by atoms with Crippen molar-refractivity contribution in [3.8, 4) is 0 Å². The maximum absolute atomic E-state index is 12.8. The summed E-state index contributed by atoms with van der Waals surface area (Å²) in [5.74, 6) is 0.146. The van der Waals surface area contributed by atoms with Crippen LogP contribution in [0.1, 0.15) is 39.4 Å². The number of Topliss-reactive ketones (excluding diaryl/α,β-unsaturated/α-hetero) is 1. The Morgan fingerprint density at radius 1 is 0.923 bits per heavy atom. The van der Waals surface area contributed by atoms with Crippen molar-refractivity contribution in [2.75, 3.05) is 0 Å². The second-order valence-electron chi connectivity index (χ2n) is 6.37. The third-order valence-electron chi connectivity index (χ3n) is 4.48. The van der Waals surface area contributed by atoms with E-state index in [1.54, 1.807) is 24.3 Å². The molecule has 0 radical (unpaired) electrons. The number of benzene rings is 3. The fourth-order valence-electron chi connectivity index (χ4n) is 3.03. The van der Waals surface area contributed by atoms with Gasteiger partial charge in [0.05, 0.1) is 0 Å². The van der Waals surface area contributed by atoms with Crippen LogP contribution in [-0.2, 0) is 0 Å². The van der Waals surface area contributed by atoms with Crippen LogP contribution in [0.4, 0.5) is 0 Å². The van der Waals surface area contributed by atoms with E-state index >= 15 is 0 Å². The summed E-state index contributed by atoms with van der Waals surface area (Å²) in [6.45, 7) is 2.09. The van der Waals surface area contributed by atoms with Crippen molar-refractivity contribution in [1.29, 1.82) is 0 Å². The molecular weight excluding hydrogens is 340 g/mol. The van der Waals surface area contributed by atoms with Gasteiger partial charge >= 0.3 is 0 Å². The van der Waals surface area contributed by atoms with E-state index in [9.17, 15) is 4.79 Å². The SMILES string of the molecule is Cc1ccccc1C(/C=C/c1ccccc1)CC(=O)c1ccc(Cl)cc1. The Labute approximate surface area is 160 Å². The van der Waals surface area contributed by atoms with Gasteiger partial charge in [-0.15, -0.1) is 0 Å². The number of allylic oxidation sites excluding steroid dienone is 1. The predicted molar refractivity (Wildman–Crippen MR) is 110 cm³/mol. The van der Waals surface area contributed by atoms with E-state index in [0.717, 1.165) is 5.56 Å². The van der Waals surface area contributed by atoms with Crippen molar-refractivity contribution < 1.29 is 4.79 Å². The molecule has 0 saturated carbocycles. The Hall–Kier alpha value is -2.64. The first-order chi connectivity index (χ1) is 12.6. The lowest BCUT2D eigenvalue weighted by Crippen LogP contribution is -2.07. The van der Waals surface area contributed by atoms with Gasteiger partial charge in [-0.2, -0.15) is 0 Å². The lowest BCUT2D eigenvalue weighted by molar-refractivity contribution is 0.0978. The van der Waals surface area contributed by atoms with Crippen LogP contribution in [0.2, 0.25) is 5.02 Å². The molecule has 0 heterocycles. The second-order valence-corrected chi connectivity index (χ2v) is 6.80. The monoisotopic (exact) mass is 360 g/mol. The molecule has 1 atom stereocenters. The normalized spacial score (nSPS) is 12.2. The van der Waals surface area contributed by atoms with Gasteiger partial charge in [-0.1, -0.05) is 78.4 Å². The fourth-order valence-corrected chi connectivity index (χ4v) is 3.16. The number of carbonyl (C=O) groups excluding carboxylic acids is 1. The van der Waals surface area contributed by atoms with Crippen LogP contribution in [0.5, 0.6) is 0 Å². The molecule has 3 aromatic rings. The fraction of sp³-hybridized carbons (Fsp3) is 0.125. The minimum absolute atomic E-state index is 0.0274. The van der Waals surface area contributed by atoms with Gasteiger partial charge in [-0.05, 0) is 47.9 Å². The van der Waals surface area contributed by atoms with Crippen LogP contribution in [-0.4, -0.2) is 5.78 Å². The molecule has 0 aliphatic rings. The molecule has 0 amide bonds. The molecule has 0 spiro atoms. The molecular formula is C24H21ClO. The van der Waals surface area contributed by atoms with Crippen molar-refractivity contribution in [3.05, 3.63) is 112 Å². The zero-order chi connectivity index (χ0) is 18.4. The van der Waals surface area contributed by atoms with Gasteiger partial charge in [0.25, 0.3) is 0 Å². The van der Waals surface area contributed by atoms with Gasteiger partial charge in [0.1, 0.15) is 0 Å². The Balaban J connectivity index is 1.88. The van der Waals surface area contributed by atoms with Crippen molar-refractivity contribution >= 4 is 23.5 Å². The van der Waals surface area contributed by atoms with Gasteiger partial charge in [0, 0.05) is 22.9 Å². The quantitative estimate of drug-likeness (QED) is 0.446. The van der Waals surface area contributed by atoms with Crippen LogP contribution in [0.15, 0.2) is 84.9 Å². The van der Waals surface area contributed by atoms with Crippen LogP contribution in [0, 0.1) is 6.92 Å². The predicted octanol–water partition coefficient (Wildman–Crippen LogP) is 6.72. The first-order valence-electron chi connectivity index (χ1n) is 8.71. The second kappa shape index (κ2) is 8.64. The Morgan fingerprint density at radius 3 is 2.27 bits per heavy atom. The topological polar surface area (TPSA) is 17.1 Å². The Kier molecular flexibility index (Phi) is 6.04. The molecule has 0 aliphatic heterocycles. The average molecular weight is 361 g/mol. The summed E-state index contributed by atoms with van der Waals surface area (Å²) in [5, 5.41) is 0.640. The molecule has 0 aliphatic carbocycles. The average Bonchev–Trinajstić information content (AvgIpc) is 2.67. The van der Waals surface area contributed by atoms with Crippen molar-refractivity contribution in [2.24, 2.45) is 0 Å². The smallest absolute Gasteiger partial charge is 0.163 e.